The third kappa shape index (κ3) is 3.80. The first-order valence-electron chi connectivity index (χ1n) is 9.72. The summed E-state index contributed by atoms with van der Waals surface area (Å²) in [6.07, 6.45) is 5.95. The average molecular weight is 377 g/mol. The Bertz CT molecular complexity index is 762. The molecule has 2 rings (SSSR count). The van der Waals surface area contributed by atoms with Gasteiger partial charge in [0.25, 0.3) is 5.56 Å². The fraction of sp³-hybridized carbons (Fsp3) is 0.667. The highest BCUT2D eigenvalue weighted by molar-refractivity contribution is 6.01. The molecule has 1 heterocycles. The van der Waals surface area contributed by atoms with E-state index in [1.807, 2.05) is 6.92 Å². The number of esters is 2. The number of rotatable bonds is 8. The van der Waals surface area contributed by atoms with Gasteiger partial charge in [0.05, 0.1) is 14.2 Å². The Morgan fingerprint density at radius 3 is 2.07 bits per heavy atom. The van der Waals surface area contributed by atoms with Crippen LogP contribution in [0.2, 0.25) is 0 Å². The summed E-state index contributed by atoms with van der Waals surface area (Å²) in [4.78, 5) is 37.8. The summed E-state index contributed by atoms with van der Waals surface area (Å²) in [7, 11) is 2.54. The Morgan fingerprint density at radius 1 is 0.963 bits per heavy atom. The van der Waals surface area contributed by atoms with Crippen molar-refractivity contribution in [3.63, 3.8) is 0 Å². The average Bonchev–Trinajstić information content (AvgIpc) is 3.09. The standard InChI is InChI=1S/C21H31NO5/c1-6-7-8-9-10-11-22-15(3)17-13-21(19(24)26-4,20(25)27-5)12-16(17)14(2)18(22)23/h6-13H2,1-5H3. The van der Waals surface area contributed by atoms with E-state index in [1.54, 1.807) is 11.5 Å². The Balaban J connectivity index is 2.39. The van der Waals surface area contributed by atoms with Gasteiger partial charge in [-0.2, -0.15) is 0 Å². The van der Waals surface area contributed by atoms with Crippen molar-refractivity contribution in [1.82, 2.24) is 4.57 Å². The van der Waals surface area contributed by atoms with E-state index >= 15 is 0 Å². The molecule has 0 fully saturated rings. The lowest BCUT2D eigenvalue weighted by Gasteiger charge is -2.22. The number of hydrogen-bond acceptors (Lipinski definition) is 5. The monoisotopic (exact) mass is 377 g/mol. The number of nitrogens with zero attached hydrogens (tertiary/aromatic N) is 1. The summed E-state index contributed by atoms with van der Waals surface area (Å²) in [5.74, 6) is -1.22. The SMILES string of the molecule is CCCCCCCn1c(C)c2c(c(C)c1=O)CC(C(=O)OC)(C(=O)OC)C2. The maximum absolute atomic E-state index is 12.9. The second-order valence-electron chi connectivity index (χ2n) is 7.46. The zero-order valence-corrected chi connectivity index (χ0v) is 17.1. The van der Waals surface area contributed by atoms with E-state index in [-0.39, 0.29) is 18.4 Å². The second kappa shape index (κ2) is 8.72. The number of aromatic nitrogens is 1. The maximum atomic E-state index is 12.9. The Morgan fingerprint density at radius 2 is 1.52 bits per heavy atom. The Hall–Kier alpha value is -2.11. The molecule has 0 aliphatic heterocycles. The van der Waals surface area contributed by atoms with E-state index < -0.39 is 17.4 Å². The summed E-state index contributed by atoms with van der Waals surface area (Å²) in [6, 6.07) is 0. The van der Waals surface area contributed by atoms with Gasteiger partial charge in [0, 0.05) is 30.6 Å². The molecule has 27 heavy (non-hydrogen) atoms. The molecule has 1 aromatic rings. The van der Waals surface area contributed by atoms with Gasteiger partial charge in [-0.3, -0.25) is 14.4 Å². The lowest BCUT2D eigenvalue weighted by atomic mass is 9.84. The minimum Gasteiger partial charge on any atom is -0.468 e. The van der Waals surface area contributed by atoms with E-state index in [2.05, 4.69) is 6.92 Å². The molecule has 0 amide bonds. The van der Waals surface area contributed by atoms with Gasteiger partial charge in [-0.05, 0) is 31.4 Å². The lowest BCUT2D eigenvalue weighted by Crippen LogP contribution is -2.42. The molecule has 1 aromatic heterocycles. The number of fused-ring (bicyclic) bond motifs is 1. The third-order valence-corrected chi connectivity index (χ3v) is 5.82. The minimum atomic E-state index is -1.39. The number of unbranched alkanes of at least 4 members (excludes halogenated alkanes) is 4. The first-order valence-corrected chi connectivity index (χ1v) is 9.72. The zero-order valence-electron chi connectivity index (χ0n) is 17.1. The molecule has 0 saturated carbocycles. The first kappa shape index (κ1) is 21.2. The van der Waals surface area contributed by atoms with Crippen molar-refractivity contribution in [2.45, 2.75) is 72.3 Å². The summed E-state index contributed by atoms with van der Waals surface area (Å²) in [6.45, 7) is 6.51. The molecule has 0 radical (unpaired) electrons. The fourth-order valence-electron chi connectivity index (χ4n) is 4.14. The molecule has 0 aromatic carbocycles. The van der Waals surface area contributed by atoms with Gasteiger partial charge < -0.3 is 14.0 Å². The highest BCUT2D eigenvalue weighted by atomic mass is 16.5. The third-order valence-electron chi connectivity index (χ3n) is 5.82. The van der Waals surface area contributed by atoms with Gasteiger partial charge in [0.1, 0.15) is 0 Å². The van der Waals surface area contributed by atoms with Crippen molar-refractivity contribution in [3.05, 3.63) is 32.7 Å². The largest absolute Gasteiger partial charge is 0.468 e. The second-order valence-corrected chi connectivity index (χ2v) is 7.46. The topological polar surface area (TPSA) is 74.6 Å². The minimum absolute atomic E-state index is 0.0349. The summed E-state index contributed by atoms with van der Waals surface area (Å²) >= 11 is 0. The van der Waals surface area contributed by atoms with Crippen LogP contribution in [0.25, 0.3) is 0 Å². The number of methoxy groups -OCH3 is 2. The molecule has 0 N–H and O–H groups in total. The molecular formula is C21H31NO5. The molecule has 1 aliphatic carbocycles. The van der Waals surface area contributed by atoms with Crippen LogP contribution >= 0.6 is 0 Å². The predicted octanol–water partition coefficient (Wildman–Crippen LogP) is 2.87. The summed E-state index contributed by atoms with van der Waals surface area (Å²) in [5, 5.41) is 0. The van der Waals surface area contributed by atoms with E-state index in [9.17, 15) is 14.4 Å². The predicted molar refractivity (Wildman–Crippen MR) is 103 cm³/mol. The van der Waals surface area contributed by atoms with Crippen LogP contribution in [0.5, 0.6) is 0 Å². The summed E-state index contributed by atoms with van der Waals surface area (Å²) in [5.41, 5.74) is 1.71. The van der Waals surface area contributed by atoms with E-state index in [1.165, 1.54) is 33.5 Å². The Kier molecular flexibility index (Phi) is 6.84. The van der Waals surface area contributed by atoms with Gasteiger partial charge in [-0.25, -0.2) is 0 Å². The number of carbonyl (C=O) groups is 2. The van der Waals surface area contributed by atoms with E-state index in [0.29, 0.717) is 12.1 Å². The van der Waals surface area contributed by atoms with Crippen LogP contribution in [-0.4, -0.2) is 30.7 Å². The van der Waals surface area contributed by atoms with Gasteiger partial charge >= 0.3 is 11.9 Å². The molecule has 1 aliphatic rings. The van der Waals surface area contributed by atoms with Crippen LogP contribution in [0.3, 0.4) is 0 Å². The van der Waals surface area contributed by atoms with Crippen molar-refractivity contribution < 1.29 is 19.1 Å². The van der Waals surface area contributed by atoms with Crippen molar-refractivity contribution in [3.8, 4) is 0 Å². The van der Waals surface area contributed by atoms with E-state index in [0.717, 1.165) is 29.7 Å². The maximum Gasteiger partial charge on any atom is 0.323 e. The molecule has 0 bridgehead atoms. The molecule has 6 heteroatoms. The molecule has 150 valence electrons. The smallest absolute Gasteiger partial charge is 0.323 e. The highest BCUT2D eigenvalue weighted by Crippen LogP contribution is 2.41. The summed E-state index contributed by atoms with van der Waals surface area (Å²) < 4.78 is 11.6. The van der Waals surface area contributed by atoms with Crippen LogP contribution in [0.4, 0.5) is 0 Å². The molecule has 0 atom stereocenters. The molecular weight excluding hydrogens is 346 g/mol. The van der Waals surface area contributed by atoms with Crippen molar-refractivity contribution in [2.24, 2.45) is 5.41 Å². The number of hydrogen-bond donors (Lipinski definition) is 0. The fourth-order valence-corrected chi connectivity index (χ4v) is 4.14. The number of pyridine rings is 1. The van der Waals surface area contributed by atoms with Crippen molar-refractivity contribution >= 4 is 11.9 Å². The molecule has 0 unspecified atom stereocenters. The van der Waals surface area contributed by atoms with Gasteiger partial charge in [0.2, 0.25) is 0 Å². The van der Waals surface area contributed by atoms with Crippen LogP contribution in [0, 0.1) is 19.3 Å². The van der Waals surface area contributed by atoms with Crippen LogP contribution in [0.1, 0.15) is 61.4 Å². The highest BCUT2D eigenvalue weighted by Gasteiger charge is 2.53. The molecule has 0 saturated heterocycles. The van der Waals surface area contributed by atoms with Gasteiger partial charge in [-0.1, -0.05) is 32.6 Å². The van der Waals surface area contributed by atoms with Crippen molar-refractivity contribution in [1.29, 1.82) is 0 Å². The van der Waals surface area contributed by atoms with Crippen molar-refractivity contribution in [2.75, 3.05) is 14.2 Å². The van der Waals surface area contributed by atoms with Crippen LogP contribution in [-0.2, 0) is 38.4 Å². The zero-order chi connectivity index (χ0) is 20.2. The lowest BCUT2D eigenvalue weighted by molar-refractivity contribution is -0.168. The van der Waals surface area contributed by atoms with Gasteiger partial charge in [0.15, 0.2) is 5.41 Å². The quantitative estimate of drug-likeness (QED) is 0.396. The molecule has 0 spiro atoms. The molecule has 6 nitrogen and oxygen atoms in total. The number of ether oxygens (including phenoxy) is 2. The number of carbonyl (C=O) groups excluding carboxylic acids is 2. The first-order chi connectivity index (χ1) is 12.8. The van der Waals surface area contributed by atoms with Crippen LogP contribution < -0.4 is 5.56 Å². The normalized spacial score (nSPS) is 14.7. The van der Waals surface area contributed by atoms with Gasteiger partial charge in [-0.15, -0.1) is 0 Å². The van der Waals surface area contributed by atoms with Crippen LogP contribution in [0.15, 0.2) is 4.79 Å². The van der Waals surface area contributed by atoms with E-state index in [4.69, 9.17) is 9.47 Å². The Labute approximate surface area is 160 Å².